The molecule has 0 fully saturated rings. The van der Waals surface area contributed by atoms with Crippen molar-refractivity contribution in [2.45, 2.75) is 25.1 Å². The Bertz CT molecular complexity index is 969. The van der Waals surface area contributed by atoms with E-state index in [2.05, 4.69) is 18.1 Å². The Hall–Kier alpha value is -1.10. The largest absolute Gasteiger partial charge is 0.490 e. The molecule has 5 atom stereocenters. The van der Waals surface area contributed by atoms with Gasteiger partial charge >= 0.3 is 29.2 Å². The maximum atomic E-state index is 13.9. The van der Waals surface area contributed by atoms with Gasteiger partial charge in [-0.05, 0) is 13.0 Å². The predicted molar refractivity (Wildman–Crippen MR) is 97.4 cm³/mol. The Morgan fingerprint density at radius 3 is 2.26 bits per heavy atom. The van der Waals surface area contributed by atoms with Crippen molar-refractivity contribution in [2.24, 2.45) is 5.73 Å². The summed E-state index contributed by atoms with van der Waals surface area (Å²) in [7, 11) is -17.1. The van der Waals surface area contributed by atoms with Gasteiger partial charge in [0.1, 0.15) is 12.0 Å². The first-order valence-corrected chi connectivity index (χ1v) is 12.3. The molecule has 0 saturated heterocycles. The molecule has 0 bridgehead atoms. The molecule has 21 heteroatoms. The van der Waals surface area contributed by atoms with Crippen LogP contribution in [0.1, 0.15) is 13.2 Å². The van der Waals surface area contributed by atoms with E-state index in [1.165, 1.54) is 13.0 Å². The molecule has 1 heterocycles. The molecule has 0 aliphatic carbocycles. The Morgan fingerprint density at radius 2 is 1.81 bits per heavy atom. The summed E-state index contributed by atoms with van der Waals surface area (Å²) in [6, 6.07) is 1.18. The summed E-state index contributed by atoms with van der Waals surface area (Å²) in [5, 5.41) is 9.44. The zero-order valence-electron chi connectivity index (χ0n) is 15.5. The molecule has 0 radical (unpaired) electrons. The van der Waals surface area contributed by atoms with Crippen molar-refractivity contribution in [3.05, 3.63) is 22.7 Å². The van der Waals surface area contributed by atoms with Crippen molar-refractivity contribution in [2.75, 3.05) is 18.9 Å². The van der Waals surface area contributed by atoms with E-state index in [0.29, 0.717) is 0 Å². The summed E-state index contributed by atoms with van der Waals surface area (Å²) < 4.78 is 64.9. The van der Waals surface area contributed by atoms with Gasteiger partial charge in [0.15, 0.2) is 5.60 Å². The number of hydrogen-bond donors (Lipinski definition) is 7. The average molecular weight is 516 g/mol. The van der Waals surface area contributed by atoms with E-state index in [9.17, 15) is 32.9 Å². The first-order chi connectivity index (χ1) is 13.9. The van der Waals surface area contributed by atoms with Crippen LogP contribution in [0.2, 0.25) is 0 Å². The second kappa shape index (κ2) is 10.2. The van der Waals surface area contributed by atoms with Gasteiger partial charge in [0.05, 0.1) is 6.61 Å². The minimum atomic E-state index is -5.83. The topological polar surface area (TPSA) is 276 Å². The van der Waals surface area contributed by atoms with Crippen LogP contribution < -0.4 is 17.2 Å². The van der Waals surface area contributed by atoms with E-state index in [1.807, 2.05) is 0 Å². The molecule has 180 valence electrons. The molecule has 17 nitrogen and oxygen atoms in total. The number of alkyl halides is 1. The van der Waals surface area contributed by atoms with Crippen LogP contribution in [-0.4, -0.2) is 59.3 Å². The number of rotatable bonds is 12. The number of phosphoric acid groups is 3. The lowest BCUT2D eigenvalue weighted by Crippen LogP contribution is -2.54. The lowest BCUT2D eigenvalue weighted by atomic mass is 10.1. The van der Waals surface area contributed by atoms with Crippen molar-refractivity contribution in [1.29, 1.82) is 0 Å². The fourth-order valence-electron chi connectivity index (χ4n) is 1.96. The first-order valence-electron chi connectivity index (χ1n) is 7.75. The molecule has 0 aliphatic heterocycles. The van der Waals surface area contributed by atoms with E-state index < -0.39 is 60.5 Å². The number of aliphatic hydroxyl groups excluding tert-OH is 1. The van der Waals surface area contributed by atoms with Gasteiger partial charge in [0, 0.05) is 12.7 Å². The van der Waals surface area contributed by atoms with Crippen LogP contribution in [0.15, 0.2) is 17.1 Å². The maximum absolute atomic E-state index is 13.9. The van der Waals surface area contributed by atoms with Gasteiger partial charge in [0.25, 0.3) is 0 Å². The number of aliphatic hydroxyl groups is 1. The normalized spacial score (nSPS) is 20.3. The average Bonchev–Trinajstić information content (AvgIpc) is 2.54. The number of phosphoric ester groups is 1. The standard InChI is InChI=1S/C10H20FN4O13P3/c1-6(15-3-2-7(13)14-9(15)17)26-10(4-12,8(11)16)5-25-30(21,22)28-31(23,24)27-29(18,19)20/h2-3,6,8,16H,4-5,12H2,1H3,(H,21,22)(H,23,24)(H2,13,14,17)(H2,18,19,20)/t6-,8-,10-/m1/s1. The molecule has 0 spiro atoms. The molecule has 0 aromatic carbocycles. The third-order valence-electron chi connectivity index (χ3n) is 3.32. The van der Waals surface area contributed by atoms with Gasteiger partial charge in [-0.1, -0.05) is 0 Å². The fraction of sp³-hybridized carbons (Fsp3) is 0.600. The molecule has 1 aromatic rings. The van der Waals surface area contributed by atoms with Gasteiger partial charge in [-0.15, -0.1) is 0 Å². The monoisotopic (exact) mass is 516 g/mol. The van der Waals surface area contributed by atoms with Gasteiger partial charge in [0.2, 0.25) is 6.36 Å². The molecule has 31 heavy (non-hydrogen) atoms. The van der Waals surface area contributed by atoms with Crippen molar-refractivity contribution < 1.29 is 60.6 Å². The summed E-state index contributed by atoms with van der Waals surface area (Å²) in [6.07, 6.45) is -3.30. The minimum absolute atomic E-state index is 0.142. The third kappa shape index (κ3) is 8.75. The number of aromatic nitrogens is 2. The number of halogens is 1. The maximum Gasteiger partial charge on any atom is 0.490 e. The van der Waals surface area contributed by atoms with Crippen LogP contribution in [0, 0.1) is 0 Å². The molecule has 1 rings (SSSR count). The van der Waals surface area contributed by atoms with E-state index in [-0.39, 0.29) is 5.82 Å². The summed E-state index contributed by atoms with van der Waals surface area (Å²) in [6.45, 7) is -1.16. The Balaban J connectivity index is 3.04. The van der Waals surface area contributed by atoms with Gasteiger partial charge in [-0.3, -0.25) is 9.09 Å². The van der Waals surface area contributed by atoms with Crippen molar-refractivity contribution in [3.63, 3.8) is 0 Å². The third-order valence-corrected chi connectivity index (χ3v) is 7.10. The lowest BCUT2D eigenvalue weighted by Gasteiger charge is -2.35. The van der Waals surface area contributed by atoms with E-state index in [0.717, 1.165) is 10.8 Å². The number of nitrogens with two attached hydrogens (primary N) is 2. The minimum Gasteiger partial charge on any atom is -0.383 e. The molecule has 9 N–H and O–H groups in total. The molecule has 0 amide bonds. The van der Waals surface area contributed by atoms with Crippen molar-refractivity contribution >= 4 is 29.3 Å². The summed E-state index contributed by atoms with van der Waals surface area (Å²) in [5.41, 5.74) is 7.12. The second-order valence-corrected chi connectivity index (χ2v) is 10.1. The molecule has 0 aliphatic rings. The van der Waals surface area contributed by atoms with Crippen LogP contribution in [0.4, 0.5) is 10.2 Å². The van der Waals surface area contributed by atoms with Crippen molar-refractivity contribution in [1.82, 2.24) is 9.55 Å². The highest BCUT2D eigenvalue weighted by Crippen LogP contribution is 2.66. The molecule has 2 unspecified atom stereocenters. The lowest BCUT2D eigenvalue weighted by molar-refractivity contribution is -0.219. The summed E-state index contributed by atoms with van der Waals surface area (Å²) >= 11 is 0. The Morgan fingerprint density at radius 1 is 1.23 bits per heavy atom. The van der Waals surface area contributed by atoms with E-state index >= 15 is 0 Å². The number of hydrogen-bond acceptors (Lipinski definition) is 12. The molecular weight excluding hydrogens is 496 g/mol. The Labute approximate surface area is 172 Å². The van der Waals surface area contributed by atoms with Crippen LogP contribution in [0.3, 0.4) is 0 Å². The zero-order valence-corrected chi connectivity index (χ0v) is 18.2. The number of nitrogens with zero attached hydrogens (tertiary/aromatic N) is 2. The van der Waals surface area contributed by atoms with Crippen molar-refractivity contribution in [3.8, 4) is 0 Å². The van der Waals surface area contributed by atoms with Gasteiger partial charge in [-0.25, -0.2) is 22.9 Å². The van der Waals surface area contributed by atoms with Gasteiger partial charge in [-0.2, -0.15) is 13.6 Å². The fourth-order valence-corrected chi connectivity index (χ4v) is 5.03. The van der Waals surface area contributed by atoms with Crippen LogP contribution in [0.25, 0.3) is 0 Å². The highest BCUT2D eigenvalue weighted by molar-refractivity contribution is 7.66. The zero-order chi connectivity index (χ0) is 24.3. The Kier molecular flexibility index (Phi) is 9.22. The molecular formula is C10H20FN4O13P3. The first kappa shape index (κ1) is 27.9. The highest BCUT2D eigenvalue weighted by atomic mass is 31.3. The smallest absolute Gasteiger partial charge is 0.383 e. The molecule has 0 saturated carbocycles. The number of anilines is 1. The number of ether oxygens (including phenoxy) is 1. The predicted octanol–water partition coefficient (Wildman–Crippen LogP) is -1.31. The van der Waals surface area contributed by atoms with Crippen LogP contribution >= 0.6 is 23.5 Å². The second-order valence-electron chi connectivity index (χ2n) is 5.73. The highest BCUT2D eigenvalue weighted by Gasteiger charge is 2.46. The van der Waals surface area contributed by atoms with Crippen LogP contribution in [-0.2, 0) is 31.6 Å². The quantitative estimate of drug-likeness (QED) is 0.159. The summed E-state index contributed by atoms with van der Waals surface area (Å²) in [5.74, 6) is -0.142. The van der Waals surface area contributed by atoms with E-state index in [4.69, 9.17) is 30.9 Å². The van der Waals surface area contributed by atoms with E-state index in [1.54, 1.807) is 0 Å². The van der Waals surface area contributed by atoms with Gasteiger partial charge < -0.3 is 40.9 Å². The SMILES string of the molecule is C[C@@H](O[C@](CN)(COP(=O)(O)OP(=O)(O)OP(=O)(O)O)[C@@H](O)F)n1ccc(N)nc1=O. The molecule has 1 aromatic heterocycles. The number of nitrogen functional groups attached to an aromatic ring is 1. The van der Waals surface area contributed by atoms with Crippen LogP contribution in [0.5, 0.6) is 0 Å². The summed E-state index contributed by atoms with van der Waals surface area (Å²) in [4.78, 5) is 50.8.